The molecule has 1 heterocycles. The highest BCUT2D eigenvalue weighted by Gasteiger charge is 2.11. The lowest BCUT2D eigenvalue weighted by Gasteiger charge is -2.11. The molecule has 1 aliphatic rings. The minimum Gasteiger partial charge on any atom is -0.455 e. The second kappa shape index (κ2) is 11.5. The predicted molar refractivity (Wildman–Crippen MR) is 172 cm³/mol. The molecule has 7 rings (SSSR count). The van der Waals surface area contributed by atoms with Crippen LogP contribution in [0.5, 0.6) is 0 Å². The van der Waals surface area contributed by atoms with Crippen LogP contribution < -0.4 is 5.32 Å². The van der Waals surface area contributed by atoms with Gasteiger partial charge in [-0.2, -0.15) is 0 Å². The lowest BCUT2D eigenvalue weighted by molar-refractivity contribution is 0.670. The molecular formula is C38H33NO. The summed E-state index contributed by atoms with van der Waals surface area (Å²) in [6, 6.07) is 40.7. The van der Waals surface area contributed by atoms with Crippen molar-refractivity contribution in [1.82, 2.24) is 0 Å². The number of hydrogen-bond acceptors (Lipinski definition) is 2. The maximum absolute atomic E-state index is 6.23. The second-order valence-electron chi connectivity index (χ2n) is 9.80. The van der Waals surface area contributed by atoms with E-state index in [4.69, 9.17) is 4.42 Å². The van der Waals surface area contributed by atoms with E-state index in [0.717, 1.165) is 57.3 Å². The van der Waals surface area contributed by atoms with Gasteiger partial charge in [-0.15, -0.1) is 0 Å². The quantitative estimate of drug-likeness (QED) is 0.245. The molecule has 1 aliphatic carbocycles. The topological polar surface area (TPSA) is 25.2 Å². The van der Waals surface area contributed by atoms with Crippen molar-refractivity contribution >= 4 is 38.9 Å². The normalized spacial score (nSPS) is 12.6. The van der Waals surface area contributed by atoms with Gasteiger partial charge in [0.1, 0.15) is 11.2 Å². The number of furan rings is 1. The van der Waals surface area contributed by atoms with E-state index < -0.39 is 0 Å². The standard InChI is InChI=1S/C36H27NO.C2H6/c1-2-7-25(8-3-1)26-13-15-27(16-14-26)28-17-21-30(22-18-28)37-31-23-19-29(20-24-31)32-10-6-11-34-33-9-4-5-12-35(33)38-36(32)34;1-2/h1-2,4-7,9-24,37H,3,8H2;1-2H3. The fourth-order valence-corrected chi connectivity index (χ4v) is 5.34. The first-order chi connectivity index (χ1) is 19.8. The fourth-order valence-electron chi connectivity index (χ4n) is 5.34. The van der Waals surface area contributed by atoms with Gasteiger partial charge in [-0.3, -0.25) is 0 Å². The van der Waals surface area contributed by atoms with Crippen molar-refractivity contribution in [3.05, 3.63) is 139 Å². The summed E-state index contributed by atoms with van der Waals surface area (Å²) in [5.74, 6) is 0. The molecule has 6 aromatic rings. The highest BCUT2D eigenvalue weighted by molar-refractivity contribution is 6.09. The molecule has 0 saturated heterocycles. The number of nitrogens with one attached hydrogen (secondary N) is 1. The molecule has 2 nitrogen and oxygen atoms in total. The minimum absolute atomic E-state index is 0.923. The SMILES string of the molecule is C1=CCCC(c2ccc(-c3ccc(Nc4ccc(-c5cccc6c5oc5ccccc56)cc4)cc3)cc2)=C1.CC. The molecule has 0 bridgehead atoms. The van der Waals surface area contributed by atoms with Crippen molar-refractivity contribution in [3.63, 3.8) is 0 Å². The molecule has 0 fully saturated rings. The van der Waals surface area contributed by atoms with Crippen molar-refractivity contribution in [2.45, 2.75) is 26.7 Å². The average Bonchev–Trinajstić information content (AvgIpc) is 3.42. The van der Waals surface area contributed by atoms with Crippen molar-refractivity contribution < 1.29 is 4.42 Å². The Hall–Kier alpha value is -4.82. The zero-order chi connectivity index (χ0) is 27.3. The minimum atomic E-state index is 0.923. The van der Waals surface area contributed by atoms with Crippen molar-refractivity contribution in [2.24, 2.45) is 0 Å². The van der Waals surface area contributed by atoms with Crippen LogP contribution in [0.2, 0.25) is 0 Å². The zero-order valence-electron chi connectivity index (χ0n) is 23.0. The maximum Gasteiger partial charge on any atom is 0.143 e. The molecule has 0 spiro atoms. The third-order valence-electron chi connectivity index (χ3n) is 7.38. The Morgan fingerprint density at radius 3 is 1.85 bits per heavy atom. The molecule has 196 valence electrons. The third-order valence-corrected chi connectivity index (χ3v) is 7.38. The molecule has 0 saturated carbocycles. The van der Waals surface area contributed by atoms with Gasteiger partial charge < -0.3 is 9.73 Å². The molecule has 40 heavy (non-hydrogen) atoms. The van der Waals surface area contributed by atoms with Gasteiger partial charge in [0.15, 0.2) is 0 Å². The van der Waals surface area contributed by atoms with E-state index in [1.165, 1.54) is 22.3 Å². The summed E-state index contributed by atoms with van der Waals surface area (Å²) in [6.45, 7) is 4.00. The molecule has 0 atom stereocenters. The van der Waals surface area contributed by atoms with Crippen LogP contribution in [-0.4, -0.2) is 0 Å². The summed E-state index contributed by atoms with van der Waals surface area (Å²) in [4.78, 5) is 0. The fraction of sp³-hybridized carbons (Fsp3) is 0.105. The molecule has 2 heteroatoms. The Bertz CT molecular complexity index is 1800. The molecule has 0 aliphatic heterocycles. The number of anilines is 2. The Morgan fingerprint density at radius 1 is 0.575 bits per heavy atom. The van der Waals surface area contributed by atoms with Gasteiger partial charge in [-0.25, -0.2) is 0 Å². The molecule has 5 aromatic carbocycles. The van der Waals surface area contributed by atoms with Crippen LogP contribution in [0.15, 0.2) is 138 Å². The Kier molecular flexibility index (Phi) is 7.32. The molecule has 0 unspecified atom stereocenters. The highest BCUT2D eigenvalue weighted by atomic mass is 16.3. The van der Waals surface area contributed by atoms with Crippen molar-refractivity contribution in [1.29, 1.82) is 0 Å². The van der Waals surface area contributed by atoms with E-state index in [0.29, 0.717) is 0 Å². The summed E-state index contributed by atoms with van der Waals surface area (Å²) >= 11 is 0. The van der Waals surface area contributed by atoms with Crippen LogP contribution in [0.25, 0.3) is 49.8 Å². The Balaban J connectivity index is 0.00000142. The van der Waals surface area contributed by atoms with Gasteiger partial charge in [0.25, 0.3) is 0 Å². The third kappa shape index (κ3) is 5.09. The number of rotatable bonds is 5. The number of allylic oxidation sites excluding steroid dienone is 4. The first kappa shape index (κ1) is 25.5. The molecule has 0 amide bonds. The number of benzene rings is 5. The van der Waals surface area contributed by atoms with E-state index in [1.807, 2.05) is 26.0 Å². The van der Waals surface area contributed by atoms with Crippen molar-refractivity contribution in [3.8, 4) is 22.3 Å². The van der Waals surface area contributed by atoms with Crippen LogP contribution in [0.1, 0.15) is 32.3 Å². The van der Waals surface area contributed by atoms with Gasteiger partial charge in [-0.1, -0.05) is 117 Å². The van der Waals surface area contributed by atoms with Crippen LogP contribution in [0.4, 0.5) is 11.4 Å². The Labute approximate surface area is 236 Å². The maximum atomic E-state index is 6.23. The largest absolute Gasteiger partial charge is 0.455 e. The van der Waals surface area contributed by atoms with E-state index in [2.05, 4.69) is 127 Å². The van der Waals surface area contributed by atoms with Crippen LogP contribution in [-0.2, 0) is 0 Å². The predicted octanol–water partition coefficient (Wildman–Crippen LogP) is 11.4. The Morgan fingerprint density at radius 2 is 1.18 bits per heavy atom. The molecular weight excluding hydrogens is 486 g/mol. The second-order valence-corrected chi connectivity index (χ2v) is 9.80. The average molecular weight is 520 g/mol. The molecule has 0 radical (unpaired) electrons. The smallest absolute Gasteiger partial charge is 0.143 e. The summed E-state index contributed by atoms with van der Waals surface area (Å²) in [6.07, 6.45) is 8.86. The van der Waals surface area contributed by atoms with Gasteiger partial charge in [0.05, 0.1) is 0 Å². The lowest BCUT2D eigenvalue weighted by atomic mass is 9.95. The van der Waals surface area contributed by atoms with E-state index in [-0.39, 0.29) is 0 Å². The first-order valence-electron chi connectivity index (χ1n) is 14.2. The summed E-state index contributed by atoms with van der Waals surface area (Å²) in [5, 5.41) is 5.84. The molecule has 1 aromatic heterocycles. The zero-order valence-corrected chi connectivity index (χ0v) is 23.0. The van der Waals surface area contributed by atoms with E-state index in [1.54, 1.807) is 0 Å². The number of hydrogen-bond donors (Lipinski definition) is 1. The van der Waals surface area contributed by atoms with Gasteiger partial charge in [0, 0.05) is 27.7 Å². The van der Waals surface area contributed by atoms with Gasteiger partial charge in [0.2, 0.25) is 0 Å². The summed E-state index contributed by atoms with van der Waals surface area (Å²) in [5.41, 5.74) is 11.4. The van der Waals surface area contributed by atoms with Crippen LogP contribution in [0.3, 0.4) is 0 Å². The highest BCUT2D eigenvalue weighted by Crippen LogP contribution is 2.36. The first-order valence-corrected chi connectivity index (χ1v) is 14.2. The van der Waals surface area contributed by atoms with Crippen molar-refractivity contribution in [2.75, 3.05) is 5.32 Å². The number of fused-ring (bicyclic) bond motifs is 3. The molecule has 1 N–H and O–H groups in total. The van der Waals surface area contributed by atoms with Gasteiger partial charge in [-0.05, 0) is 71.0 Å². The van der Waals surface area contributed by atoms with E-state index in [9.17, 15) is 0 Å². The van der Waals surface area contributed by atoms with Gasteiger partial charge >= 0.3 is 0 Å². The van der Waals surface area contributed by atoms with Crippen LogP contribution in [0, 0.1) is 0 Å². The van der Waals surface area contributed by atoms with E-state index >= 15 is 0 Å². The summed E-state index contributed by atoms with van der Waals surface area (Å²) < 4.78 is 6.23. The summed E-state index contributed by atoms with van der Waals surface area (Å²) in [7, 11) is 0. The van der Waals surface area contributed by atoms with Crippen LogP contribution >= 0.6 is 0 Å². The lowest BCUT2D eigenvalue weighted by Crippen LogP contribution is -1.91. The monoisotopic (exact) mass is 519 g/mol. The number of para-hydroxylation sites is 2.